The first-order chi connectivity index (χ1) is 7.06. The third-order valence-electron chi connectivity index (χ3n) is 2.26. The Labute approximate surface area is 91.9 Å². The number of aliphatic hydroxyl groups is 1. The summed E-state index contributed by atoms with van der Waals surface area (Å²) in [4.78, 5) is 2.06. The molecule has 0 aliphatic rings. The van der Waals surface area contributed by atoms with Crippen molar-refractivity contribution < 1.29 is 5.11 Å². The van der Waals surface area contributed by atoms with E-state index in [1.54, 1.807) is 0 Å². The lowest BCUT2D eigenvalue weighted by Gasteiger charge is -2.18. The summed E-state index contributed by atoms with van der Waals surface area (Å²) >= 11 is 0. The SMILES string of the molecule is CC(C)=Cc1c(CO)cccc1N(C)C. The maximum Gasteiger partial charge on any atom is 0.0688 e. The van der Waals surface area contributed by atoms with Crippen LogP contribution in [0.15, 0.2) is 23.8 Å². The Kier molecular flexibility index (Phi) is 3.92. The van der Waals surface area contributed by atoms with Crippen LogP contribution in [0.3, 0.4) is 0 Å². The van der Waals surface area contributed by atoms with E-state index in [9.17, 15) is 5.11 Å². The molecule has 0 aliphatic heterocycles. The molecule has 82 valence electrons. The van der Waals surface area contributed by atoms with Crippen LogP contribution in [0.5, 0.6) is 0 Å². The molecule has 0 radical (unpaired) electrons. The van der Waals surface area contributed by atoms with Gasteiger partial charge in [-0.05, 0) is 25.5 Å². The Morgan fingerprint density at radius 3 is 2.47 bits per heavy atom. The molecule has 0 unspecified atom stereocenters. The molecule has 0 spiro atoms. The van der Waals surface area contributed by atoms with Gasteiger partial charge in [-0.25, -0.2) is 0 Å². The van der Waals surface area contributed by atoms with E-state index in [4.69, 9.17) is 0 Å². The van der Waals surface area contributed by atoms with E-state index in [1.165, 1.54) is 5.57 Å². The van der Waals surface area contributed by atoms with Crippen LogP contribution in [0.25, 0.3) is 6.08 Å². The number of nitrogens with zero attached hydrogens (tertiary/aromatic N) is 1. The largest absolute Gasteiger partial charge is 0.392 e. The maximum atomic E-state index is 9.29. The van der Waals surface area contributed by atoms with Crippen molar-refractivity contribution in [2.45, 2.75) is 20.5 Å². The van der Waals surface area contributed by atoms with E-state index in [-0.39, 0.29) is 6.61 Å². The molecule has 0 saturated carbocycles. The second-order valence-electron chi connectivity index (χ2n) is 4.12. The number of allylic oxidation sites excluding steroid dienone is 1. The lowest BCUT2D eigenvalue weighted by molar-refractivity contribution is 0.281. The maximum absolute atomic E-state index is 9.29. The normalized spacial score (nSPS) is 9.93. The summed E-state index contributed by atoms with van der Waals surface area (Å²) < 4.78 is 0. The molecule has 0 saturated heterocycles. The Morgan fingerprint density at radius 2 is 2.00 bits per heavy atom. The summed E-state index contributed by atoms with van der Waals surface area (Å²) in [5.41, 5.74) is 4.47. The molecule has 0 fully saturated rings. The number of anilines is 1. The van der Waals surface area contributed by atoms with Gasteiger partial charge in [-0.15, -0.1) is 0 Å². The summed E-state index contributed by atoms with van der Waals surface area (Å²) in [5.74, 6) is 0. The minimum Gasteiger partial charge on any atom is -0.392 e. The van der Waals surface area contributed by atoms with E-state index < -0.39 is 0 Å². The molecule has 15 heavy (non-hydrogen) atoms. The van der Waals surface area contributed by atoms with Crippen molar-refractivity contribution in [2.24, 2.45) is 0 Å². The predicted molar refractivity (Wildman–Crippen MR) is 66.0 cm³/mol. The fraction of sp³-hybridized carbons (Fsp3) is 0.385. The van der Waals surface area contributed by atoms with Crippen LogP contribution in [0.4, 0.5) is 5.69 Å². The van der Waals surface area contributed by atoms with Crippen LogP contribution in [-0.2, 0) is 6.61 Å². The molecule has 1 aromatic carbocycles. The zero-order valence-electron chi connectivity index (χ0n) is 9.91. The molecule has 1 rings (SSSR count). The van der Waals surface area contributed by atoms with Gasteiger partial charge >= 0.3 is 0 Å². The topological polar surface area (TPSA) is 23.5 Å². The summed E-state index contributed by atoms with van der Waals surface area (Å²) in [6, 6.07) is 6.00. The van der Waals surface area contributed by atoms with Gasteiger partial charge in [-0.2, -0.15) is 0 Å². The molecular weight excluding hydrogens is 186 g/mol. The van der Waals surface area contributed by atoms with Crippen molar-refractivity contribution in [1.29, 1.82) is 0 Å². The number of rotatable bonds is 3. The first-order valence-corrected chi connectivity index (χ1v) is 5.11. The van der Waals surface area contributed by atoms with Gasteiger partial charge in [0.1, 0.15) is 0 Å². The van der Waals surface area contributed by atoms with Crippen molar-refractivity contribution >= 4 is 11.8 Å². The van der Waals surface area contributed by atoms with Crippen LogP contribution in [0, 0.1) is 0 Å². The zero-order valence-corrected chi connectivity index (χ0v) is 9.91. The van der Waals surface area contributed by atoms with E-state index in [1.807, 2.05) is 26.2 Å². The average molecular weight is 205 g/mol. The Hall–Kier alpha value is -1.28. The van der Waals surface area contributed by atoms with Crippen LogP contribution >= 0.6 is 0 Å². The highest BCUT2D eigenvalue weighted by molar-refractivity contribution is 5.71. The molecule has 0 bridgehead atoms. The highest BCUT2D eigenvalue weighted by Gasteiger charge is 2.06. The van der Waals surface area contributed by atoms with E-state index in [0.717, 1.165) is 16.8 Å². The van der Waals surface area contributed by atoms with Crippen LogP contribution in [0.2, 0.25) is 0 Å². The zero-order chi connectivity index (χ0) is 11.4. The van der Waals surface area contributed by atoms with Crippen molar-refractivity contribution in [2.75, 3.05) is 19.0 Å². The molecule has 1 N–H and O–H groups in total. The molecule has 0 aliphatic carbocycles. The Balaban J connectivity index is 3.33. The van der Waals surface area contributed by atoms with Gasteiger partial charge in [0.05, 0.1) is 6.61 Å². The second kappa shape index (κ2) is 4.99. The molecule has 1 aromatic rings. The summed E-state index contributed by atoms with van der Waals surface area (Å²) in [7, 11) is 4.03. The van der Waals surface area contributed by atoms with Gasteiger partial charge < -0.3 is 10.0 Å². The molecule has 0 aromatic heterocycles. The first-order valence-electron chi connectivity index (χ1n) is 5.11. The monoisotopic (exact) mass is 205 g/mol. The van der Waals surface area contributed by atoms with Gasteiger partial charge in [-0.3, -0.25) is 0 Å². The molecule has 2 heteroatoms. The lowest BCUT2D eigenvalue weighted by atomic mass is 10.0. The Morgan fingerprint density at radius 1 is 1.33 bits per heavy atom. The molecule has 0 atom stereocenters. The number of hydrogen-bond donors (Lipinski definition) is 1. The molecule has 0 heterocycles. The van der Waals surface area contributed by atoms with Crippen LogP contribution < -0.4 is 4.90 Å². The first kappa shape index (κ1) is 11.8. The van der Waals surface area contributed by atoms with Crippen LogP contribution in [-0.4, -0.2) is 19.2 Å². The van der Waals surface area contributed by atoms with Crippen molar-refractivity contribution in [3.8, 4) is 0 Å². The Bertz CT molecular complexity index is 363. The average Bonchev–Trinajstić information content (AvgIpc) is 2.16. The molecule has 2 nitrogen and oxygen atoms in total. The second-order valence-corrected chi connectivity index (χ2v) is 4.12. The highest BCUT2D eigenvalue weighted by Crippen LogP contribution is 2.25. The third kappa shape index (κ3) is 2.83. The summed E-state index contributed by atoms with van der Waals surface area (Å²) in [6.07, 6.45) is 2.11. The van der Waals surface area contributed by atoms with E-state index >= 15 is 0 Å². The number of benzene rings is 1. The quantitative estimate of drug-likeness (QED) is 0.820. The fourth-order valence-electron chi connectivity index (χ4n) is 1.58. The van der Waals surface area contributed by atoms with E-state index in [2.05, 4.69) is 30.9 Å². The van der Waals surface area contributed by atoms with E-state index in [0.29, 0.717) is 0 Å². The number of aliphatic hydroxyl groups excluding tert-OH is 1. The summed E-state index contributed by atoms with van der Waals surface area (Å²) in [6.45, 7) is 4.21. The number of hydrogen-bond acceptors (Lipinski definition) is 2. The summed E-state index contributed by atoms with van der Waals surface area (Å²) in [5, 5.41) is 9.29. The van der Waals surface area contributed by atoms with Crippen molar-refractivity contribution in [3.05, 3.63) is 34.9 Å². The van der Waals surface area contributed by atoms with Gasteiger partial charge in [-0.1, -0.05) is 23.8 Å². The van der Waals surface area contributed by atoms with Gasteiger partial charge in [0.15, 0.2) is 0 Å². The van der Waals surface area contributed by atoms with Gasteiger partial charge in [0.2, 0.25) is 0 Å². The molecule has 0 amide bonds. The minimum atomic E-state index is 0.0841. The molecular formula is C13H19NO. The van der Waals surface area contributed by atoms with Gasteiger partial charge in [0.25, 0.3) is 0 Å². The predicted octanol–water partition coefficient (Wildman–Crippen LogP) is 2.67. The fourth-order valence-corrected chi connectivity index (χ4v) is 1.58. The van der Waals surface area contributed by atoms with Gasteiger partial charge in [0, 0.05) is 25.3 Å². The van der Waals surface area contributed by atoms with Crippen molar-refractivity contribution in [1.82, 2.24) is 0 Å². The lowest BCUT2D eigenvalue weighted by Crippen LogP contribution is -2.11. The highest BCUT2D eigenvalue weighted by atomic mass is 16.3. The van der Waals surface area contributed by atoms with Crippen molar-refractivity contribution in [3.63, 3.8) is 0 Å². The smallest absolute Gasteiger partial charge is 0.0688 e. The standard InChI is InChI=1S/C13H19NO/c1-10(2)8-12-11(9-15)6-5-7-13(12)14(3)4/h5-8,15H,9H2,1-4H3. The minimum absolute atomic E-state index is 0.0841. The van der Waals surface area contributed by atoms with Crippen LogP contribution in [0.1, 0.15) is 25.0 Å². The third-order valence-corrected chi connectivity index (χ3v) is 2.26.